The normalized spacial score (nSPS) is 11.0. The number of halogens is 1. The van der Waals surface area contributed by atoms with Crippen LogP contribution in [0, 0.1) is 27.7 Å². The maximum absolute atomic E-state index is 13.4. The Balaban J connectivity index is 0.00000320. The molecule has 3 aromatic rings. The smallest absolute Gasteiger partial charge is 0.233 e. The average Bonchev–Trinajstić information content (AvgIpc) is 3.05. The third-order valence-electron chi connectivity index (χ3n) is 5.18. The number of hydrogen-bond donors (Lipinski definition) is 0. The van der Waals surface area contributed by atoms with Gasteiger partial charge in [0.15, 0.2) is 5.13 Å². The molecular weight excluding hydrogens is 414 g/mol. The maximum Gasteiger partial charge on any atom is 0.233 e. The minimum Gasteiger partial charge on any atom is -0.309 e. The van der Waals surface area contributed by atoms with Crippen LogP contribution in [0.25, 0.3) is 10.2 Å². The molecule has 0 radical (unpaired) electrons. The number of anilines is 1. The maximum atomic E-state index is 13.4. The molecule has 0 atom stereocenters. The van der Waals surface area contributed by atoms with Crippen molar-refractivity contribution >= 4 is 45.0 Å². The van der Waals surface area contributed by atoms with Crippen LogP contribution in [0.15, 0.2) is 30.3 Å². The number of thiazole rings is 1. The Labute approximate surface area is 190 Å². The molecule has 6 heteroatoms. The highest BCUT2D eigenvalue weighted by molar-refractivity contribution is 7.22. The number of nitrogens with zero attached hydrogens (tertiary/aromatic N) is 3. The topological polar surface area (TPSA) is 36.4 Å². The van der Waals surface area contributed by atoms with Gasteiger partial charge in [-0.25, -0.2) is 4.98 Å². The number of carbonyl (C=O) groups is 1. The first-order chi connectivity index (χ1) is 13.7. The lowest BCUT2D eigenvalue weighted by Crippen LogP contribution is -2.34. The van der Waals surface area contributed by atoms with Gasteiger partial charge in [-0.3, -0.25) is 9.69 Å². The zero-order valence-corrected chi connectivity index (χ0v) is 20.4. The average molecular weight is 446 g/mol. The van der Waals surface area contributed by atoms with Crippen LogP contribution in [0.3, 0.4) is 0 Å². The standard InChI is InChI=1S/C24H31N3OS.ClH/c1-16-8-9-18(3)20(13-16)15-22(28)27(11-7-10-26(5)6)24-25-23-19(4)12-17(2)14-21(23)29-24;/h8-9,12-14H,7,10-11,15H2,1-6H3;1H. The molecule has 0 aliphatic heterocycles. The lowest BCUT2D eigenvalue weighted by molar-refractivity contribution is -0.118. The molecule has 0 saturated heterocycles. The van der Waals surface area contributed by atoms with E-state index in [4.69, 9.17) is 4.98 Å². The number of hydrogen-bond acceptors (Lipinski definition) is 4. The van der Waals surface area contributed by atoms with Crippen LogP contribution in [0.2, 0.25) is 0 Å². The monoisotopic (exact) mass is 445 g/mol. The van der Waals surface area contributed by atoms with E-state index >= 15 is 0 Å². The zero-order valence-electron chi connectivity index (χ0n) is 18.8. The highest BCUT2D eigenvalue weighted by atomic mass is 35.5. The van der Waals surface area contributed by atoms with Crippen molar-refractivity contribution in [1.82, 2.24) is 9.88 Å². The van der Waals surface area contributed by atoms with Gasteiger partial charge in [0.05, 0.1) is 16.6 Å². The summed E-state index contributed by atoms with van der Waals surface area (Å²) in [6, 6.07) is 10.6. The Kier molecular flexibility index (Phi) is 8.42. The minimum absolute atomic E-state index is 0. The summed E-state index contributed by atoms with van der Waals surface area (Å²) in [5, 5.41) is 0.808. The lowest BCUT2D eigenvalue weighted by atomic mass is 10.0. The number of benzene rings is 2. The summed E-state index contributed by atoms with van der Waals surface area (Å²) in [6.45, 7) is 9.96. The summed E-state index contributed by atoms with van der Waals surface area (Å²) < 4.78 is 1.15. The van der Waals surface area contributed by atoms with E-state index in [2.05, 4.69) is 77.0 Å². The fourth-order valence-corrected chi connectivity index (χ4v) is 4.78. The number of amides is 1. The van der Waals surface area contributed by atoms with Crippen LogP contribution in [-0.2, 0) is 11.2 Å². The Bertz CT molecular complexity index is 1030. The second-order valence-electron chi connectivity index (χ2n) is 8.23. The number of aryl methyl sites for hydroxylation is 4. The number of fused-ring (bicyclic) bond motifs is 1. The molecule has 0 aliphatic rings. The van der Waals surface area contributed by atoms with Crippen LogP contribution >= 0.6 is 23.7 Å². The molecule has 1 amide bonds. The first kappa shape index (κ1) is 24.3. The quantitative estimate of drug-likeness (QED) is 0.483. The molecule has 0 unspecified atom stereocenters. The van der Waals surface area contributed by atoms with Gasteiger partial charge in [0.1, 0.15) is 0 Å². The summed E-state index contributed by atoms with van der Waals surface area (Å²) >= 11 is 1.62. The van der Waals surface area contributed by atoms with Gasteiger partial charge in [0, 0.05) is 6.54 Å². The van der Waals surface area contributed by atoms with Crippen molar-refractivity contribution in [3.63, 3.8) is 0 Å². The van der Waals surface area contributed by atoms with Gasteiger partial charge >= 0.3 is 0 Å². The molecular formula is C24H32ClN3OS. The summed E-state index contributed by atoms with van der Waals surface area (Å²) in [5.41, 5.74) is 6.84. The van der Waals surface area contributed by atoms with Gasteiger partial charge in [-0.05, 0) is 83.1 Å². The number of carbonyl (C=O) groups excluding carboxylic acids is 1. The third-order valence-corrected chi connectivity index (χ3v) is 6.21. The lowest BCUT2D eigenvalue weighted by Gasteiger charge is -2.21. The van der Waals surface area contributed by atoms with Crippen molar-refractivity contribution in [3.8, 4) is 0 Å². The molecule has 0 spiro atoms. The molecule has 30 heavy (non-hydrogen) atoms. The summed E-state index contributed by atoms with van der Waals surface area (Å²) in [6.07, 6.45) is 1.32. The largest absolute Gasteiger partial charge is 0.309 e. The molecule has 162 valence electrons. The Morgan fingerprint density at radius 2 is 1.70 bits per heavy atom. The number of rotatable bonds is 7. The van der Waals surface area contributed by atoms with Crippen LogP contribution in [-0.4, -0.2) is 43.0 Å². The highest BCUT2D eigenvalue weighted by Crippen LogP contribution is 2.32. The fourth-order valence-electron chi connectivity index (χ4n) is 3.60. The van der Waals surface area contributed by atoms with Crippen LogP contribution < -0.4 is 4.90 Å². The van der Waals surface area contributed by atoms with E-state index in [0.717, 1.165) is 45.0 Å². The van der Waals surface area contributed by atoms with Gasteiger partial charge in [0.25, 0.3) is 0 Å². The molecule has 0 aliphatic carbocycles. The molecule has 0 saturated carbocycles. The van der Waals surface area contributed by atoms with Crippen LogP contribution in [0.5, 0.6) is 0 Å². The van der Waals surface area contributed by atoms with E-state index in [0.29, 0.717) is 13.0 Å². The summed E-state index contributed by atoms with van der Waals surface area (Å²) in [7, 11) is 4.12. The van der Waals surface area contributed by atoms with Crippen molar-refractivity contribution in [1.29, 1.82) is 0 Å². The predicted molar refractivity (Wildman–Crippen MR) is 131 cm³/mol. The van der Waals surface area contributed by atoms with Gasteiger partial charge in [0.2, 0.25) is 5.91 Å². The van der Waals surface area contributed by atoms with E-state index in [9.17, 15) is 4.79 Å². The SMILES string of the molecule is Cc1ccc(C)c(CC(=O)N(CCCN(C)C)c2nc3c(C)cc(C)cc3s2)c1.Cl. The molecule has 1 aromatic heterocycles. The molecule has 0 fully saturated rings. The van der Waals surface area contributed by atoms with Crippen molar-refractivity contribution < 1.29 is 4.79 Å². The van der Waals surface area contributed by atoms with Crippen LogP contribution in [0.4, 0.5) is 5.13 Å². The van der Waals surface area contributed by atoms with Crippen LogP contribution in [0.1, 0.15) is 34.2 Å². The van der Waals surface area contributed by atoms with Crippen molar-refractivity contribution in [2.45, 2.75) is 40.5 Å². The Morgan fingerprint density at radius 3 is 2.40 bits per heavy atom. The molecule has 1 heterocycles. The summed E-state index contributed by atoms with van der Waals surface area (Å²) in [5.74, 6) is 0.117. The highest BCUT2D eigenvalue weighted by Gasteiger charge is 2.21. The first-order valence-electron chi connectivity index (χ1n) is 10.1. The first-order valence-corrected chi connectivity index (χ1v) is 11.0. The van der Waals surface area contributed by atoms with Gasteiger partial charge < -0.3 is 4.90 Å². The Hall–Kier alpha value is -1.95. The van der Waals surface area contributed by atoms with E-state index < -0.39 is 0 Å². The predicted octanol–water partition coefficient (Wildman–Crippen LogP) is 5.48. The molecule has 0 bridgehead atoms. The number of aromatic nitrogens is 1. The molecule has 4 nitrogen and oxygen atoms in total. The van der Waals surface area contributed by atoms with E-state index in [1.165, 1.54) is 11.1 Å². The molecule has 2 aromatic carbocycles. The fraction of sp³-hybridized carbons (Fsp3) is 0.417. The zero-order chi connectivity index (χ0) is 21.1. The molecule has 0 N–H and O–H groups in total. The van der Waals surface area contributed by atoms with Crippen molar-refractivity contribution in [2.24, 2.45) is 0 Å². The van der Waals surface area contributed by atoms with Crippen molar-refractivity contribution in [2.75, 3.05) is 32.1 Å². The van der Waals surface area contributed by atoms with E-state index in [1.807, 2.05) is 4.90 Å². The second-order valence-corrected chi connectivity index (χ2v) is 9.24. The van der Waals surface area contributed by atoms with E-state index in [1.54, 1.807) is 11.3 Å². The van der Waals surface area contributed by atoms with Gasteiger partial charge in [-0.1, -0.05) is 41.2 Å². The summed E-state index contributed by atoms with van der Waals surface area (Å²) in [4.78, 5) is 22.3. The second kappa shape index (κ2) is 10.4. The Morgan fingerprint density at radius 1 is 0.967 bits per heavy atom. The van der Waals surface area contributed by atoms with E-state index in [-0.39, 0.29) is 18.3 Å². The molecule has 3 rings (SSSR count). The van der Waals surface area contributed by atoms with Gasteiger partial charge in [-0.15, -0.1) is 12.4 Å². The minimum atomic E-state index is 0. The van der Waals surface area contributed by atoms with Crippen molar-refractivity contribution in [3.05, 3.63) is 58.1 Å². The van der Waals surface area contributed by atoms with Gasteiger partial charge in [-0.2, -0.15) is 0 Å². The third kappa shape index (κ3) is 5.81.